The van der Waals surface area contributed by atoms with Gasteiger partial charge in [-0.1, -0.05) is 31.2 Å². The lowest BCUT2D eigenvalue weighted by Gasteiger charge is -2.02. The summed E-state index contributed by atoms with van der Waals surface area (Å²) in [7, 11) is 0. The Morgan fingerprint density at radius 2 is 1.76 bits per heavy atom. The number of thiazole rings is 1. The number of rotatable bonds is 4. The molecule has 2 aromatic carbocycles. The van der Waals surface area contributed by atoms with Crippen LogP contribution in [-0.4, -0.2) is 4.98 Å². The highest BCUT2D eigenvalue weighted by atomic mass is 32.1. The lowest BCUT2D eigenvalue weighted by Crippen LogP contribution is -1.89. The fraction of sp³-hybridized carbons (Fsp3) is 0.118. The maximum atomic E-state index is 12.9. The van der Waals surface area contributed by atoms with Crippen LogP contribution < -0.4 is 5.32 Å². The summed E-state index contributed by atoms with van der Waals surface area (Å²) in [5.41, 5.74) is 4.21. The summed E-state index contributed by atoms with van der Waals surface area (Å²) >= 11 is 1.54. The smallest absolute Gasteiger partial charge is 0.187 e. The zero-order valence-corrected chi connectivity index (χ0v) is 12.5. The van der Waals surface area contributed by atoms with Gasteiger partial charge in [-0.15, -0.1) is 11.3 Å². The molecule has 0 atom stereocenters. The lowest BCUT2D eigenvalue weighted by molar-refractivity contribution is 0.628. The first-order chi connectivity index (χ1) is 10.2. The molecule has 2 nitrogen and oxygen atoms in total. The SMILES string of the molecule is CCc1ccc(-c2csc(Nc3ccc(F)cc3)n2)cc1. The van der Waals surface area contributed by atoms with Gasteiger partial charge in [0.05, 0.1) is 5.69 Å². The van der Waals surface area contributed by atoms with E-state index in [4.69, 9.17) is 0 Å². The van der Waals surface area contributed by atoms with Gasteiger partial charge in [0.1, 0.15) is 5.82 Å². The molecular formula is C17H15FN2S. The Morgan fingerprint density at radius 1 is 1.05 bits per heavy atom. The molecule has 106 valence electrons. The number of hydrogen-bond donors (Lipinski definition) is 1. The van der Waals surface area contributed by atoms with Gasteiger partial charge in [-0.2, -0.15) is 0 Å². The first-order valence-electron chi connectivity index (χ1n) is 6.82. The topological polar surface area (TPSA) is 24.9 Å². The first kappa shape index (κ1) is 13.8. The maximum Gasteiger partial charge on any atom is 0.187 e. The van der Waals surface area contributed by atoms with Gasteiger partial charge < -0.3 is 5.32 Å². The summed E-state index contributed by atoms with van der Waals surface area (Å²) in [5.74, 6) is -0.239. The van der Waals surface area contributed by atoms with Crippen molar-refractivity contribution in [2.45, 2.75) is 13.3 Å². The highest BCUT2D eigenvalue weighted by Gasteiger charge is 2.05. The van der Waals surface area contributed by atoms with E-state index in [1.807, 2.05) is 5.38 Å². The summed E-state index contributed by atoms with van der Waals surface area (Å²) in [4.78, 5) is 4.57. The van der Waals surface area contributed by atoms with Crippen molar-refractivity contribution in [1.82, 2.24) is 4.98 Å². The summed E-state index contributed by atoms with van der Waals surface area (Å²) in [6, 6.07) is 14.7. The van der Waals surface area contributed by atoms with E-state index in [9.17, 15) is 4.39 Å². The van der Waals surface area contributed by atoms with Crippen molar-refractivity contribution in [3.05, 3.63) is 65.3 Å². The van der Waals surface area contributed by atoms with E-state index in [0.717, 1.165) is 28.5 Å². The molecule has 0 saturated heterocycles. The molecule has 0 aliphatic carbocycles. The van der Waals surface area contributed by atoms with E-state index in [0.29, 0.717) is 0 Å². The third-order valence-corrected chi connectivity index (χ3v) is 4.02. The molecule has 0 spiro atoms. The third-order valence-electron chi connectivity index (χ3n) is 3.26. The highest BCUT2D eigenvalue weighted by Crippen LogP contribution is 2.27. The van der Waals surface area contributed by atoms with Gasteiger partial charge >= 0.3 is 0 Å². The third kappa shape index (κ3) is 3.28. The monoisotopic (exact) mass is 298 g/mol. The molecular weight excluding hydrogens is 283 g/mol. The molecule has 0 amide bonds. The summed E-state index contributed by atoms with van der Waals surface area (Å²) in [6.07, 6.45) is 1.04. The summed E-state index contributed by atoms with van der Waals surface area (Å²) in [5, 5.41) is 6.01. The van der Waals surface area contributed by atoms with E-state index in [-0.39, 0.29) is 5.82 Å². The minimum atomic E-state index is -0.239. The van der Waals surface area contributed by atoms with E-state index >= 15 is 0 Å². The van der Waals surface area contributed by atoms with Crippen molar-refractivity contribution in [3.63, 3.8) is 0 Å². The average molecular weight is 298 g/mol. The van der Waals surface area contributed by atoms with Crippen LogP contribution in [0.15, 0.2) is 53.9 Å². The van der Waals surface area contributed by atoms with Gasteiger partial charge in [-0.05, 0) is 36.2 Å². The molecule has 1 heterocycles. The number of aryl methyl sites for hydroxylation is 1. The van der Waals surface area contributed by atoms with Crippen LogP contribution >= 0.6 is 11.3 Å². The van der Waals surface area contributed by atoms with Crippen LogP contribution in [0, 0.1) is 5.82 Å². The molecule has 0 bridgehead atoms. The molecule has 3 aromatic rings. The predicted molar refractivity (Wildman–Crippen MR) is 86.6 cm³/mol. The zero-order valence-electron chi connectivity index (χ0n) is 11.6. The van der Waals surface area contributed by atoms with Crippen LogP contribution in [0.3, 0.4) is 0 Å². The fourth-order valence-corrected chi connectivity index (χ4v) is 2.77. The second kappa shape index (κ2) is 6.06. The number of aromatic nitrogens is 1. The number of nitrogens with one attached hydrogen (secondary N) is 1. The van der Waals surface area contributed by atoms with E-state index in [1.165, 1.54) is 29.0 Å². The minimum absolute atomic E-state index is 0.239. The Balaban J connectivity index is 1.77. The number of hydrogen-bond acceptors (Lipinski definition) is 3. The van der Waals surface area contributed by atoms with Crippen LogP contribution in [0.5, 0.6) is 0 Å². The molecule has 0 radical (unpaired) electrons. The van der Waals surface area contributed by atoms with Gasteiger partial charge in [0.2, 0.25) is 0 Å². The molecule has 0 unspecified atom stereocenters. The normalized spacial score (nSPS) is 10.6. The molecule has 0 fully saturated rings. The van der Waals surface area contributed by atoms with Gasteiger partial charge in [0.25, 0.3) is 0 Å². The number of nitrogens with zero attached hydrogens (tertiary/aromatic N) is 1. The van der Waals surface area contributed by atoms with Crippen molar-refractivity contribution in [3.8, 4) is 11.3 Å². The Bertz CT molecular complexity index is 717. The minimum Gasteiger partial charge on any atom is -0.332 e. The van der Waals surface area contributed by atoms with Crippen molar-refractivity contribution in [1.29, 1.82) is 0 Å². The second-order valence-electron chi connectivity index (χ2n) is 4.72. The van der Waals surface area contributed by atoms with Gasteiger partial charge in [0, 0.05) is 16.6 Å². The molecule has 3 rings (SSSR count). The number of benzene rings is 2. The molecule has 1 N–H and O–H groups in total. The highest BCUT2D eigenvalue weighted by molar-refractivity contribution is 7.14. The fourth-order valence-electron chi connectivity index (χ4n) is 2.03. The number of anilines is 2. The van der Waals surface area contributed by atoms with E-state index in [2.05, 4.69) is 41.5 Å². The van der Waals surface area contributed by atoms with Crippen molar-refractivity contribution in [2.24, 2.45) is 0 Å². The Morgan fingerprint density at radius 3 is 2.43 bits per heavy atom. The maximum absolute atomic E-state index is 12.9. The van der Waals surface area contributed by atoms with Gasteiger partial charge in [-0.25, -0.2) is 9.37 Å². The van der Waals surface area contributed by atoms with Crippen molar-refractivity contribution < 1.29 is 4.39 Å². The quantitative estimate of drug-likeness (QED) is 0.711. The predicted octanol–water partition coefficient (Wildman–Crippen LogP) is 5.26. The average Bonchev–Trinajstić information content (AvgIpc) is 2.98. The molecule has 0 saturated carbocycles. The zero-order chi connectivity index (χ0) is 14.7. The second-order valence-corrected chi connectivity index (χ2v) is 5.58. The van der Waals surface area contributed by atoms with Crippen LogP contribution in [-0.2, 0) is 6.42 Å². The van der Waals surface area contributed by atoms with E-state index in [1.54, 1.807) is 12.1 Å². The molecule has 21 heavy (non-hydrogen) atoms. The largest absolute Gasteiger partial charge is 0.332 e. The molecule has 4 heteroatoms. The van der Waals surface area contributed by atoms with Gasteiger partial charge in [0.15, 0.2) is 5.13 Å². The van der Waals surface area contributed by atoms with Crippen LogP contribution in [0.1, 0.15) is 12.5 Å². The first-order valence-corrected chi connectivity index (χ1v) is 7.70. The Hall–Kier alpha value is -2.20. The van der Waals surface area contributed by atoms with E-state index < -0.39 is 0 Å². The Kier molecular flexibility index (Phi) is 3.97. The lowest BCUT2D eigenvalue weighted by atomic mass is 10.1. The van der Waals surface area contributed by atoms with Crippen molar-refractivity contribution in [2.75, 3.05) is 5.32 Å². The van der Waals surface area contributed by atoms with Gasteiger partial charge in [-0.3, -0.25) is 0 Å². The van der Waals surface area contributed by atoms with Crippen molar-refractivity contribution >= 4 is 22.2 Å². The molecule has 0 aliphatic heterocycles. The van der Waals surface area contributed by atoms with Crippen LogP contribution in [0.25, 0.3) is 11.3 Å². The summed E-state index contributed by atoms with van der Waals surface area (Å²) < 4.78 is 12.9. The molecule has 1 aromatic heterocycles. The standard InChI is InChI=1S/C17H15FN2S/c1-2-12-3-5-13(6-4-12)16-11-21-17(20-16)19-15-9-7-14(18)8-10-15/h3-11H,2H2,1H3,(H,19,20). The van der Waals surface area contributed by atoms with Crippen LogP contribution in [0.4, 0.5) is 15.2 Å². The Labute approximate surface area is 127 Å². The molecule has 0 aliphatic rings. The van der Waals surface area contributed by atoms with Crippen LogP contribution in [0.2, 0.25) is 0 Å². The summed E-state index contributed by atoms with van der Waals surface area (Å²) in [6.45, 7) is 2.14. The number of halogens is 1.